The fourth-order valence-electron chi connectivity index (χ4n) is 1.38. The number of rotatable bonds is 5. The van der Waals surface area contributed by atoms with Gasteiger partial charge in [0.25, 0.3) is 0 Å². The topological polar surface area (TPSA) is 29.1 Å². The van der Waals surface area contributed by atoms with Gasteiger partial charge in [-0.25, -0.2) is 4.39 Å². The van der Waals surface area contributed by atoms with E-state index >= 15 is 0 Å². The van der Waals surface area contributed by atoms with E-state index in [2.05, 4.69) is 21.2 Å². The molecule has 0 aliphatic rings. The van der Waals surface area contributed by atoms with E-state index in [1.54, 1.807) is 12.1 Å². The summed E-state index contributed by atoms with van der Waals surface area (Å²) in [5.41, 5.74) is 0.592. The predicted octanol–water partition coefficient (Wildman–Crippen LogP) is 3.05. The number of carbonyl (C=O) groups excluding carboxylic acids is 1. The molecule has 1 atom stereocenters. The molecule has 0 spiro atoms. The summed E-state index contributed by atoms with van der Waals surface area (Å²) in [5.74, 6) is -0.326. The van der Waals surface area contributed by atoms with E-state index in [0.29, 0.717) is 5.33 Å². The Kier molecular flexibility index (Phi) is 5.12. The number of hydrogen-bond acceptors (Lipinski definition) is 1. The first kappa shape index (κ1) is 14.2. The van der Waals surface area contributed by atoms with E-state index in [1.165, 1.54) is 12.1 Å². The van der Waals surface area contributed by atoms with E-state index in [4.69, 9.17) is 0 Å². The summed E-state index contributed by atoms with van der Waals surface area (Å²) in [6, 6.07) is 6.00. The van der Waals surface area contributed by atoms with Gasteiger partial charge in [-0.2, -0.15) is 0 Å². The van der Waals surface area contributed by atoms with Crippen LogP contribution in [0.15, 0.2) is 24.3 Å². The number of amides is 1. The number of halogens is 2. The minimum Gasteiger partial charge on any atom is -0.350 e. The van der Waals surface area contributed by atoms with Crippen molar-refractivity contribution in [2.75, 3.05) is 5.33 Å². The summed E-state index contributed by atoms with van der Waals surface area (Å²) in [5, 5.41) is 3.69. The molecular weight excluding hydrogens is 285 g/mol. The quantitative estimate of drug-likeness (QED) is 0.832. The molecule has 0 heterocycles. The van der Waals surface area contributed by atoms with Crippen LogP contribution in [0.4, 0.5) is 4.39 Å². The molecule has 1 aromatic rings. The van der Waals surface area contributed by atoms with E-state index < -0.39 is 0 Å². The Hall–Kier alpha value is -0.900. The molecule has 0 bridgehead atoms. The fraction of sp³-hybridized carbons (Fsp3) is 0.462. The van der Waals surface area contributed by atoms with Crippen LogP contribution in [0.25, 0.3) is 0 Å². The molecule has 1 unspecified atom stereocenters. The van der Waals surface area contributed by atoms with E-state index in [1.807, 2.05) is 13.8 Å². The number of hydrogen-bond donors (Lipinski definition) is 1. The van der Waals surface area contributed by atoms with Crippen LogP contribution in [0.3, 0.4) is 0 Å². The van der Waals surface area contributed by atoms with Crippen LogP contribution in [0.5, 0.6) is 0 Å². The fourth-order valence-corrected chi connectivity index (χ4v) is 1.92. The summed E-state index contributed by atoms with van der Waals surface area (Å²) < 4.78 is 12.7. The normalized spacial score (nSPS) is 14.1. The Morgan fingerprint density at radius 3 is 2.47 bits per heavy atom. The van der Waals surface area contributed by atoms with Crippen LogP contribution in [0, 0.1) is 5.82 Å². The summed E-state index contributed by atoms with van der Waals surface area (Å²) in [4.78, 5) is 11.8. The smallest absolute Gasteiger partial charge is 0.224 e. The number of benzene rings is 1. The lowest BCUT2D eigenvalue weighted by molar-refractivity contribution is -0.122. The molecule has 2 nitrogen and oxygen atoms in total. The monoisotopic (exact) mass is 301 g/mol. The standard InChI is InChI=1S/C13H17BrFNO/c1-3-13(2,9-14)16-12(17)8-10-4-6-11(15)7-5-10/h4-7H,3,8-9H2,1-2H3,(H,16,17). The Labute approximate surface area is 110 Å². The average molecular weight is 302 g/mol. The van der Waals surface area contributed by atoms with Crippen molar-refractivity contribution in [3.05, 3.63) is 35.6 Å². The lowest BCUT2D eigenvalue weighted by atomic mass is 10.0. The summed E-state index contributed by atoms with van der Waals surface area (Å²) in [6.45, 7) is 4.02. The molecule has 0 aliphatic heterocycles. The van der Waals surface area contributed by atoms with Crippen molar-refractivity contribution in [2.24, 2.45) is 0 Å². The molecule has 0 aromatic heterocycles. The zero-order valence-electron chi connectivity index (χ0n) is 10.1. The zero-order valence-corrected chi connectivity index (χ0v) is 11.7. The van der Waals surface area contributed by atoms with E-state index in [0.717, 1.165) is 12.0 Å². The van der Waals surface area contributed by atoms with Gasteiger partial charge in [-0.15, -0.1) is 0 Å². The van der Waals surface area contributed by atoms with Gasteiger partial charge < -0.3 is 5.32 Å². The van der Waals surface area contributed by atoms with Crippen LogP contribution >= 0.6 is 15.9 Å². The zero-order chi connectivity index (χ0) is 12.9. The molecule has 1 amide bonds. The molecule has 0 saturated carbocycles. The first-order valence-electron chi connectivity index (χ1n) is 5.60. The molecular formula is C13H17BrFNO. The molecule has 0 radical (unpaired) electrons. The van der Waals surface area contributed by atoms with Gasteiger partial charge in [-0.1, -0.05) is 35.0 Å². The van der Waals surface area contributed by atoms with E-state index in [9.17, 15) is 9.18 Å². The minimum atomic E-state index is -0.284. The maximum atomic E-state index is 12.7. The van der Waals surface area contributed by atoms with Gasteiger partial charge in [-0.3, -0.25) is 4.79 Å². The second-order valence-corrected chi connectivity index (χ2v) is 4.96. The largest absolute Gasteiger partial charge is 0.350 e. The van der Waals surface area contributed by atoms with E-state index in [-0.39, 0.29) is 23.7 Å². The first-order valence-corrected chi connectivity index (χ1v) is 6.72. The van der Waals surface area contributed by atoms with Crippen LogP contribution in [0.1, 0.15) is 25.8 Å². The molecule has 0 aliphatic carbocycles. The predicted molar refractivity (Wildman–Crippen MR) is 70.7 cm³/mol. The van der Waals surface area contributed by atoms with Crippen molar-refractivity contribution in [1.29, 1.82) is 0 Å². The van der Waals surface area contributed by atoms with Crippen LogP contribution in [-0.4, -0.2) is 16.8 Å². The maximum absolute atomic E-state index is 12.7. The number of alkyl halides is 1. The molecule has 1 N–H and O–H groups in total. The summed E-state index contributed by atoms with van der Waals surface area (Å²) in [7, 11) is 0. The highest BCUT2D eigenvalue weighted by Crippen LogP contribution is 2.13. The lowest BCUT2D eigenvalue weighted by Gasteiger charge is -2.27. The number of nitrogens with one attached hydrogen (secondary N) is 1. The Bertz CT molecular complexity index is 374. The average Bonchev–Trinajstić information content (AvgIpc) is 2.32. The highest BCUT2D eigenvalue weighted by molar-refractivity contribution is 9.09. The van der Waals surface area contributed by atoms with Gasteiger partial charge in [0.15, 0.2) is 0 Å². The van der Waals surface area contributed by atoms with Gasteiger partial charge in [-0.05, 0) is 31.0 Å². The van der Waals surface area contributed by atoms with Gasteiger partial charge in [0.2, 0.25) is 5.91 Å². The van der Waals surface area contributed by atoms with Crippen LogP contribution in [-0.2, 0) is 11.2 Å². The number of carbonyl (C=O) groups is 1. The molecule has 1 aromatic carbocycles. The minimum absolute atomic E-state index is 0.0413. The molecule has 17 heavy (non-hydrogen) atoms. The Balaban J connectivity index is 2.58. The van der Waals surface area contributed by atoms with Crippen molar-refractivity contribution >= 4 is 21.8 Å². The van der Waals surface area contributed by atoms with Crippen LogP contribution < -0.4 is 5.32 Å². The second-order valence-electron chi connectivity index (χ2n) is 4.40. The molecule has 4 heteroatoms. The molecule has 0 saturated heterocycles. The maximum Gasteiger partial charge on any atom is 0.224 e. The molecule has 0 fully saturated rings. The van der Waals surface area contributed by atoms with Crippen molar-refractivity contribution in [3.63, 3.8) is 0 Å². The highest BCUT2D eigenvalue weighted by Gasteiger charge is 2.22. The van der Waals surface area contributed by atoms with Gasteiger partial charge in [0.1, 0.15) is 5.82 Å². The van der Waals surface area contributed by atoms with Gasteiger partial charge in [0, 0.05) is 10.9 Å². The summed E-state index contributed by atoms with van der Waals surface area (Å²) >= 11 is 3.39. The third kappa shape index (κ3) is 4.46. The van der Waals surface area contributed by atoms with Crippen LogP contribution in [0.2, 0.25) is 0 Å². The molecule has 1 rings (SSSR count). The first-order chi connectivity index (χ1) is 7.99. The van der Waals surface area contributed by atoms with Crippen molar-refractivity contribution in [2.45, 2.75) is 32.2 Å². The van der Waals surface area contributed by atoms with Gasteiger partial charge in [0.05, 0.1) is 6.42 Å². The highest BCUT2D eigenvalue weighted by atomic mass is 79.9. The third-order valence-corrected chi connectivity index (χ3v) is 4.03. The van der Waals surface area contributed by atoms with Gasteiger partial charge >= 0.3 is 0 Å². The van der Waals surface area contributed by atoms with Crippen molar-refractivity contribution in [1.82, 2.24) is 5.32 Å². The Morgan fingerprint density at radius 2 is 2.00 bits per heavy atom. The molecule has 94 valence electrons. The second kappa shape index (κ2) is 6.15. The summed E-state index contributed by atoms with van der Waals surface area (Å²) in [6.07, 6.45) is 1.14. The van der Waals surface area contributed by atoms with Crippen molar-refractivity contribution < 1.29 is 9.18 Å². The SMILES string of the molecule is CCC(C)(CBr)NC(=O)Cc1ccc(F)cc1. The Morgan fingerprint density at radius 1 is 1.41 bits per heavy atom. The lowest BCUT2D eigenvalue weighted by Crippen LogP contribution is -2.47. The third-order valence-electron chi connectivity index (χ3n) is 2.79. The van der Waals surface area contributed by atoms with Crippen molar-refractivity contribution in [3.8, 4) is 0 Å².